The van der Waals surface area contributed by atoms with Gasteiger partial charge in [0.25, 0.3) is 0 Å². The van der Waals surface area contributed by atoms with Crippen molar-refractivity contribution >= 4 is 22.9 Å². The van der Waals surface area contributed by atoms with E-state index in [0.29, 0.717) is 4.99 Å². The van der Waals surface area contributed by atoms with Gasteiger partial charge in [-0.1, -0.05) is 54.2 Å². The van der Waals surface area contributed by atoms with Crippen LogP contribution in [-0.4, -0.2) is 12.0 Å². The first kappa shape index (κ1) is 14.5. The van der Waals surface area contributed by atoms with E-state index in [-0.39, 0.29) is 0 Å². The number of rotatable bonds is 4. The van der Waals surface area contributed by atoms with Gasteiger partial charge in [-0.15, -0.1) is 0 Å². The molecule has 0 aliphatic carbocycles. The van der Waals surface area contributed by atoms with Crippen LogP contribution in [0.25, 0.3) is 0 Å². The van der Waals surface area contributed by atoms with Crippen LogP contribution in [0.4, 0.5) is 5.69 Å². The van der Waals surface area contributed by atoms with Gasteiger partial charge in [0.05, 0.1) is 0 Å². The van der Waals surface area contributed by atoms with Crippen molar-refractivity contribution in [2.24, 2.45) is 5.73 Å². The van der Waals surface area contributed by atoms with Gasteiger partial charge in [0, 0.05) is 24.8 Å². The summed E-state index contributed by atoms with van der Waals surface area (Å²) < 4.78 is 0. The first-order chi connectivity index (χ1) is 9.49. The van der Waals surface area contributed by atoms with E-state index in [4.69, 9.17) is 18.0 Å². The van der Waals surface area contributed by atoms with Gasteiger partial charge < -0.3 is 10.6 Å². The van der Waals surface area contributed by atoms with E-state index < -0.39 is 0 Å². The van der Waals surface area contributed by atoms with E-state index in [0.717, 1.165) is 17.8 Å². The minimum Gasteiger partial charge on any atom is -0.389 e. The Kier molecular flexibility index (Phi) is 4.40. The van der Waals surface area contributed by atoms with Crippen LogP contribution in [0.1, 0.15) is 22.3 Å². The molecule has 0 aromatic heterocycles. The third kappa shape index (κ3) is 3.17. The summed E-state index contributed by atoms with van der Waals surface area (Å²) in [6.45, 7) is 5.03. The summed E-state index contributed by atoms with van der Waals surface area (Å²) in [4.78, 5) is 2.65. The first-order valence-corrected chi connectivity index (χ1v) is 7.06. The van der Waals surface area contributed by atoms with E-state index in [1.165, 1.54) is 16.7 Å². The van der Waals surface area contributed by atoms with Crippen LogP contribution in [-0.2, 0) is 6.54 Å². The summed E-state index contributed by atoms with van der Waals surface area (Å²) >= 11 is 5.16. The normalized spacial score (nSPS) is 10.3. The summed E-state index contributed by atoms with van der Waals surface area (Å²) in [6.07, 6.45) is 0. The number of benzene rings is 2. The molecular formula is C17H20N2S. The number of hydrogen-bond donors (Lipinski definition) is 1. The Morgan fingerprint density at radius 1 is 1.15 bits per heavy atom. The zero-order valence-electron chi connectivity index (χ0n) is 12.2. The Morgan fingerprint density at radius 3 is 2.50 bits per heavy atom. The number of para-hydroxylation sites is 1. The van der Waals surface area contributed by atoms with Crippen LogP contribution >= 0.6 is 12.2 Å². The Labute approximate surface area is 126 Å². The van der Waals surface area contributed by atoms with Crippen molar-refractivity contribution in [3.63, 3.8) is 0 Å². The summed E-state index contributed by atoms with van der Waals surface area (Å²) in [6, 6.07) is 14.6. The van der Waals surface area contributed by atoms with Gasteiger partial charge in [-0.2, -0.15) is 0 Å². The lowest BCUT2D eigenvalue weighted by molar-refractivity contribution is 0.914. The molecule has 2 nitrogen and oxygen atoms in total. The van der Waals surface area contributed by atoms with Crippen LogP contribution in [0.2, 0.25) is 0 Å². The van der Waals surface area contributed by atoms with E-state index >= 15 is 0 Å². The highest BCUT2D eigenvalue weighted by atomic mass is 32.1. The molecule has 0 heterocycles. The first-order valence-electron chi connectivity index (χ1n) is 6.65. The molecule has 0 spiro atoms. The number of aryl methyl sites for hydroxylation is 2. The van der Waals surface area contributed by atoms with E-state index in [1.54, 1.807) is 0 Å². The minimum atomic E-state index is 0.444. The second kappa shape index (κ2) is 6.06. The van der Waals surface area contributed by atoms with Crippen LogP contribution in [0.3, 0.4) is 0 Å². The molecule has 0 saturated carbocycles. The van der Waals surface area contributed by atoms with Crippen LogP contribution in [0, 0.1) is 13.8 Å². The third-order valence-electron chi connectivity index (χ3n) is 3.39. The Morgan fingerprint density at radius 2 is 1.85 bits per heavy atom. The maximum atomic E-state index is 5.84. The number of nitrogens with zero attached hydrogens (tertiary/aromatic N) is 1. The van der Waals surface area contributed by atoms with Gasteiger partial charge >= 0.3 is 0 Å². The van der Waals surface area contributed by atoms with Gasteiger partial charge in [-0.25, -0.2) is 0 Å². The van der Waals surface area contributed by atoms with Crippen LogP contribution in [0.15, 0.2) is 42.5 Å². The molecule has 2 aromatic carbocycles. The van der Waals surface area contributed by atoms with Crippen molar-refractivity contribution in [3.8, 4) is 0 Å². The maximum Gasteiger partial charge on any atom is 0.106 e. The zero-order valence-corrected chi connectivity index (χ0v) is 13.0. The molecule has 0 unspecified atom stereocenters. The smallest absolute Gasteiger partial charge is 0.106 e. The van der Waals surface area contributed by atoms with Crippen molar-refractivity contribution in [3.05, 3.63) is 64.7 Å². The highest BCUT2D eigenvalue weighted by Gasteiger charge is 2.12. The highest BCUT2D eigenvalue weighted by Crippen LogP contribution is 2.25. The fourth-order valence-corrected chi connectivity index (χ4v) is 2.69. The Bertz CT molecular complexity index is 635. The highest BCUT2D eigenvalue weighted by molar-refractivity contribution is 7.80. The zero-order chi connectivity index (χ0) is 14.7. The predicted octanol–water partition coefficient (Wildman–Crippen LogP) is 3.57. The number of anilines is 1. The molecule has 104 valence electrons. The molecule has 2 aromatic rings. The minimum absolute atomic E-state index is 0.444. The average Bonchev–Trinajstić information content (AvgIpc) is 2.38. The standard InChI is InChI=1S/C17H20N2S/c1-12-6-4-8-14(10-12)11-19(3)16-13(2)7-5-9-15(16)17(18)20/h4-10H,11H2,1-3H3,(H2,18,20). The van der Waals surface area contributed by atoms with Gasteiger partial charge in [0.2, 0.25) is 0 Å². The van der Waals surface area contributed by atoms with Gasteiger partial charge in [-0.3, -0.25) is 0 Å². The molecule has 0 fully saturated rings. The quantitative estimate of drug-likeness (QED) is 0.870. The second-order valence-corrected chi connectivity index (χ2v) is 5.62. The molecule has 3 heteroatoms. The molecule has 0 amide bonds. The van der Waals surface area contributed by atoms with Crippen molar-refractivity contribution in [2.45, 2.75) is 20.4 Å². The lowest BCUT2D eigenvalue weighted by atomic mass is 10.1. The largest absolute Gasteiger partial charge is 0.389 e. The predicted molar refractivity (Wildman–Crippen MR) is 90.4 cm³/mol. The monoisotopic (exact) mass is 284 g/mol. The third-order valence-corrected chi connectivity index (χ3v) is 3.61. The second-order valence-electron chi connectivity index (χ2n) is 5.18. The maximum absolute atomic E-state index is 5.84. The van der Waals surface area contributed by atoms with Crippen molar-refractivity contribution in [1.29, 1.82) is 0 Å². The molecular weight excluding hydrogens is 264 g/mol. The molecule has 0 saturated heterocycles. The van der Waals surface area contributed by atoms with E-state index in [1.807, 2.05) is 12.1 Å². The number of nitrogens with two attached hydrogens (primary N) is 1. The molecule has 20 heavy (non-hydrogen) atoms. The topological polar surface area (TPSA) is 29.3 Å². The molecule has 2 N–H and O–H groups in total. The van der Waals surface area contributed by atoms with E-state index in [2.05, 4.69) is 56.1 Å². The summed E-state index contributed by atoms with van der Waals surface area (Å²) in [5.41, 5.74) is 11.6. The van der Waals surface area contributed by atoms with Gasteiger partial charge in [-0.05, 0) is 31.0 Å². The number of hydrogen-bond acceptors (Lipinski definition) is 2. The number of thiocarbonyl (C=S) groups is 1. The SMILES string of the molecule is Cc1cccc(CN(C)c2c(C)cccc2C(N)=S)c1. The lowest BCUT2D eigenvalue weighted by Crippen LogP contribution is -2.22. The van der Waals surface area contributed by atoms with Crippen LogP contribution < -0.4 is 10.6 Å². The van der Waals surface area contributed by atoms with Crippen molar-refractivity contribution < 1.29 is 0 Å². The molecule has 0 radical (unpaired) electrons. The van der Waals surface area contributed by atoms with Crippen molar-refractivity contribution in [2.75, 3.05) is 11.9 Å². The van der Waals surface area contributed by atoms with E-state index in [9.17, 15) is 0 Å². The Hall–Kier alpha value is -1.87. The molecule has 0 aliphatic heterocycles. The van der Waals surface area contributed by atoms with Gasteiger partial charge in [0.15, 0.2) is 0 Å². The fourth-order valence-electron chi connectivity index (χ4n) is 2.53. The lowest BCUT2D eigenvalue weighted by Gasteiger charge is -2.24. The molecule has 2 rings (SSSR count). The average molecular weight is 284 g/mol. The fraction of sp³-hybridized carbons (Fsp3) is 0.235. The van der Waals surface area contributed by atoms with Gasteiger partial charge in [0.1, 0.15) is 4.99 Å². The Balaban J connectivity index is 2.34. The summed E-state index contributed by atoms with van der Waals surface area (Å²) in [5, 5.41) is 0. The van der Waals surface area contributed by atoms with Crippen molar-refractivity contribution in [1.82, 2.24) is 0 Å². The molecule has 0 bridgehead atoms. The summed E-state index contributed by atoms with van der Waals surface area (Å²) in [7, 11) is 2.08. The van der Waals surface area contributed by atoms with Crippen LogP contribution in [0.5, 0.6) is 0 Å². The molecule has 0 aliphatic rings. The summed E-state index contributed by atoms with van der Waals surface area (Å²) in [5.74, 6) is 0. The molecule has 0 atom stereocenters.